The van der Waals surface area contributed by atoms with Gasteiger partial charge in [-0.15, -0.1) is 0 Å². The molecule has 0 aromatic carbocycles. The van der Waals surface area contributed by atoms with E-state index in [2.05, 4.69) is 0 Å². The van der Waals surface area contributed by atoms with Crippen LogP contribution in [0.5, 0.6) is 0 Å². The highest BCUT2D eigenvalue weighted by atomic mass is 16.4. The van der Waals surface area contributed by atoms with E-state index in [1.165, 1.54) is 30.6 Å². The molecule has 1 aliphatic carbocycles. The average Bonchev–Trinajstić information content (AvgIpc) is 3.06. The number of aliphatic carboxylic acids is 1. The number of likely N-dealkylation sites (tertiary alicyclic amines) is 1. The fourth-order valence-electron chi connectivity index (χ4n) is 3.61. The molecule has 1 heterocycles. The smallest absolute Gasteiger partial charge is 0.308 e. The molecule has 6 nitrogen and oxygen atoms in total. The third-order valence-corrected chi connectivity index (χ3v) is 5.16. The summed E-state index contributed by atoms with van der Waals surface area (Å²) in [5, 5.41) is 9.08. The molecule has 1 unspecified atom stereocenters. The molecule has 2 rings (SSSR count). The SMILES string of the molecule is CN(CC(=O)N1CCCC(C(=O)O)C1)C(=O)CCC1CCCC1. The first-order chi connectivity index (χ1) is 11.0. The highest BCUT2D eigenvalue weighted by Gasteiger charge is 2.29. The minimum atomic E-state index is -0.844. The standard InChI is InChI=1S/C17H28N2O4/c1-18(15(20)9-8-13-5-2-3-6-13)12-16(21)19-10-4-7-14(11-19)17(22)23/h13-14H,2-12H2,1H3,(H,22,23). The van der Waals surface area contributed by atoms with Crippen molar-refractivity contribution in [2.45, 2.75) is 51.4 Å². The molecule has 23 heavy (non-hydrogen) atoms. The lowest BCUT2D eigenvalue weighted by Crippen LogP contribution is -2.46. The van der Waals surface area contributed by atoms with Gasteiger partial charge in [0.1, 0.15) is 0 Å². The molecule has 2 amide bonds. The number of rotatable bonds is 6. The first-order valence-electron chi connectivity index (χ1n) is 8.72. The van der Waals surface area contributed by atoms with E-state index in [0.29, 0.717) is 31.7 Å². The molecule has 1 N–H and O–H groups in total. The van der Waals surface area contributed by atoms with Gasteiger partial charge in [-0.1, -0.05) is 25.7 Å². The largest absolute Gasteiger partial charge is 0.481 e. The Hall–Kier alpha value is -1.59. The number of carbonyl (C=O) groups is 3. The van der Waals surface area contributed by atoms with Gasteiger partial charge in [-0.25, -0.2) is 0 Å². The number of hydrogen-bond acceptors (Lipinski definition) is 3. The summed E-state index contributed by atoms with van der Waals surface area (Å²) in [6.45, 7) is 0.904. The molecular weight excluding hydrogens is 296 g/mol. The van der Waals surface area contributed by atoms with E-state index >= 15 is 0 Å². The molecule has 0 aromatic rings. The third kappa shape index (κ3) is 5.22. The zero-order valence-corrected chi connectivity index (χ0v) is 14.0. The Labute approximate surface area is 137 Å². The second kappa shape index (κ2) is 8.31. The van der Waals surface area contributed by atoms with Crippen molar-refractivity contribution in [2.75, 3.05) is 26.7 Å². The van der Waals surface area contributed by atoms with Gasteiger partial charge in [-0.3, -0.25) is 14.4 Å². The molecule has 0 radical (unpaired) electrons. The second-order valence-corrected chi connectivity index (χ2v) is 6.96. The predicted molar refractivity (Wildman–Crippen MR) is 85.8 cm³/mol. The lowest BCUT2D eigenvalue weighted by Gasteiger charge is -2.32. The van der Waals surface area contributed by atoms with Gasteiger partial charge in [-0.05, 0) is 25.2 Å². The fourth-order valence-corrected chi connectivity index (χ4v) is 3.61. The molecule has 2 fully saturated rings. The van der Waals surface area contributed by atoms with Crippen molar-refractivity contribution >= 4 is 17.8 Å². The maximum absolute atomic E-state index is 12.3. The summed E-state index contributed by atoms with van der Waals surface area (Å²) in [5.41, 5.74) is 0. The van der Waals surface area contributed by atoms with Crippen LogP contribution in [0.3, 0.4) is 0 Å². The molecular formula is C17H28N2O4. The molecule has 2 aliphatic rings. The zero-order valence-electron chi connectivity index (χ0n) is 14.0. The van der Waals surface area contributed by atoms with Crippen LogP contribution in [-0.2, 0) is 14.4 Å². The molecule has 0 spiro atoms. The van der Waals surface area contributed by atoms with Gasteiger partial charge >= 0.3 is 5.97 Å². The van der Waals surface area contributed by atoms with Crippen LogP contribution in [0.4, 0.5) is 0 Å². The second-order valence-electron chi connectivity index (χ2n) is 6.96. The molecule has 0 bridgehead atoms. The van der Waals surface area contributed by atoms with Gasteiger partial charge in [-0.2, -0.15) is 0 Å². The number of carboxylic acids is 1. The lowest BCUT2D eigenvalue weighted by atomic mass is 9.98. The van der Waals surface area contributed by atoms with E-state index in [9.17, 15) is 14.4 Å². The van der Waals surface area contributed by atoms with E-state index in [1.807, 2.05) is 0 Å². The minimum Gasteiger partial charge on any atom is -0.481 e. The molecule has 1 saturated heterocycles. The Bertz CT molecular complexity index is 446. The molecule has 1 aliphatic heterocycles. The van der Waals surface area contributed by atoms with E-state index in [-0.39, 0.29) is 24.9 Å². The van der Waals surface area contributed by atoms with Crippen LogP contribution in [0.25, 0.3) is 0 Å². The monoisotopic (exact) mass is 324 g/mol. The Balaban J connectivity index is 1.74. The first kappa shape index (κ1) is 17.8. The number of piperidine rings is 1. The number of nitrogens with zero attached hydrogens (tertiary/aromatic N) is 2. The van der Waals surface area contributed by atoms with Crippen LogP contribution in [-0.4, -0.2) is 59.4 Å². The van der Waals surface area contributed by atoms with Crippen LogP contribution >= 0.6 is 0 Å². The van der Waals surface area contributed by atoms with Gasteiger partial charge < -0.3 is 14.9 Å². The van der Waals surface area contributed by atoms with E-state index in [4.69, 9.17) is 5.11 Å². The summed E-state index contributed by atoms with van der Waals surface area (Å²) < 4.78 is 0. The van der Waals surface area contributed by atoms with Crippen molar-refractivity contribution in [3.05, 3.63) is 0 Å². The zero-order chi connectivity index (χ0) is 16.8. The average molecular weight is 324 g/mol. The summed E-state index contributed by atoms with van der Waals surface area (Å²) in [5.74, 6) is -0.786. The summed E-state index contributed by atoms with van der Waals surface area (Å²) in [4.78, 5) is 38.6. The lowest BCUT2D eigenvalue weighted by molar-refractivity contribution is -0.147. The Morgan fingerprint density at radius 2 is 1.83 bits per heavy atom. The van der Waals surface area contributed by atoms with E-state index in [1.54, 1.807) is 11.9 Å². The van der Waals surface area contributed by atoms with Crippen molar-refractivity contribution in [3.63, 3.8) is 0 Å². The Morgan fingerprint density at radius 1 is 1.13 bits per heavy atom. The van der Waals surface area contributed by atoms with Crippen LogP contribution in [0.2, 0.25) is 0 Å². The maximum Gasteiger partial charge on any atom is 0.308 e. The van der Waals surface area contributed by atoms with E-state index in [0.717, 1.165) is 6.42 Å². The Morgan fingerprint density at radius 3 is 2.48 bits per heavy atom. The normalized spacial score (nSPS) is 22.1. The number of carbonyl (C=O) groups excluding carboxylic acids is 2. The maximum atomic E-state index is 12.3. The predicted octanol–water partition coefficient (Wildman–Crippen LogP) is 1.74. The summed E-state index contributed by atoms with van der Waals surface area (Å²) in [6, 6.07) is 0. The molecule has 1 saturated carbocycles. The van der Waals surface area contributed by atoms with Gasteiger partial charge in [0.05, 0.1) is 12.5 Å². The van der Waals surface area contributed by atoms with E-state index < -0.39 is 11.9 Å². The topological polar surface area (TPSA) is 77.9 Å². The number of likely N-dealkylation sites (N-methyl/N-ethyl adjacent to an activating group) is 1. The molecule has 130 valence electrons. The van der Waals surface area contributed by atoms with Crippen LogP contribution < -0.4 is 0 Å². The number of hydrogen-bond donors (Lipinski definition) is 1. The fraction of sp³-hybridized carbons (Fsp3) is 0.824. The Kier molecular flexibility index (Phi) is 6.42. The molecule has 1 atom stereocenters. The van der Waals surface area contributed by atoms with Crippen molar-refractivity contribution in [1.29, 1.82) is 0 Å². The molecule has 0 aromatic heterocycles. The first-order valence-corrected chi connectivity index (χ1v) is 8.72. The van der Waals surface area contributed by atoms with Gasteiger partial charge in [0, 0.05) is 26.6 Å². The van der Waals surface area contributed by atoms with Crippen LogP contribution in [0.15, 0.2) is 0 Å². The highest BCUT2D eigenvalue weighted by molar-refractivity contribution is 5.85. The third-order valence-electron chi connectivity index (χ3n) is 5.16. The van der Waals surface area contributed by atoms with Crippen LogP contribution in [0, 0.1) is 11.8 Å². The van der Waals surface area contributed by atoms with Gasteiger partial charge in [0.2, 0.25) is 11.8 Å². The summed E-state index contributed by atoms with van der Waals surface area (Å²) in [7, 11) is 1.66. The minimum absolute atomic E-state index is 0.0112. The van der Waals surface area contributed by atoms with Crippen LogP contribution in [0.1, 0.15) is 51.4 Å². The van der Waals surface area contributed by atoms with Gasteiger partial charge in [0.25, 0.3) is 0 Å². The van der Waals surface area contributed by atoms with Crippen molar-refractivity contribution in [2.24, 2.45) is 11.8 Å². The summed E-state index contributed by atoms with van der Waals surface area (Å²) in [6.07, 6.45) is 7.74. The number of amides is 2. The van der Waals surface area contributed by atoms with Crippen molar-refractivity contribution in [3.8, 4) is 0 Å². The van der Waals surface area contributed by atoms with Gasteiger partial charge in [0.15, 0.2) is 0 Å². The number of carboxylic acid groups (broad SMARTS) is 1. The van der Waals surface area contributed by atoms with Crippen molar-refractivity contribution < 1.29 is 19.5 Å². The highest BCUT2D eigenvalue weighted by Crippen LogP contribution is 2.28. The molecule has 6 heteroatoms. The summed E-state index contributed by atoms with van der Waals surface area (Å²) >= 11 is 0. The van der Waals surface area contributed by atoms with Crippen molar-refractivity contribution in [1.82, 2.24) is 9.80 Å². The quantitative estimate of drug-likeness (QED) is 0.807.